The smallest absolute Gasteiger partial charge is 0.0475 e. The quantitative estimate of drug-likeness (QED) is 0.785. The van der Waals surface area contributed by atoms with Gasteiger partial charge in [-0.05, 0) is 29.8 Å². The van der Waals surface area contributed by atoms with E-state index in [9.17, 15) is 0 Å². The molecule has 0 atom stereocenters. The SMILES string of the molecule is CNc1ccccc1SC/C=C/c1ccc(N(C)C)cc1. The van der Waals surface area contributed by atoms with Crippen LogP contribution < -0.4 is 10.2 Å². The van der Waals surface area contributed by atoms with Crippen molar-refractivity contribution in [2.45, 2.75) is 4.90 Å². The predicted octanol–water partition coefficient (Wildman–Crippen LogP) is 4.60. The molecule has 0 saturated carbocycles. The third kappa shape index (κ3) is 4.57. The lowest BCUT2D eigenvalue weighted by Gasteiger charge is -2.11. The molecule has 0 fully saturated rings. The van der Waals surface area contributed by atoms with Crippen molar-refractivity contribution in [3.05, 3.63) is 60.2 Å². The average Bonchev–Trinajstić information content (AvgIpc) is 2.52. The Balaban J connectivity index is 1.90. The fourth-order valence-corrected chi connectivity index (χ4v) is 2.88. The first-order valence-corrected chi connectivity index (χ1v) is 8.03. The number of hydrogen-bond donors (Lipinski definition) is 1. The first-order valence-electron chi connectivity index (χ1n) is 7.04. The van der Waals surface area contributed by atoms with Gasteiger partial charge >= 0.3 is 0 Å². The molecule has 0 saturated heterocycles. The zero-order chi connectivity index (χ0) is 15.1. The van der Waals surface area contributed by atoms with Crippen LogP contribution in [-0.2, 0) is 0 Å². The Hall–Kier alpha value is -1.87. The van der Waals surface area contributed by atoms with Crippen LogP contribution in [0.25, 0.3) is 6.08 Å². The molecule has 21 heavy (non-hydrogen) atoms. The van der Waals surface area contributed by atoms with E-state index in [0.717, 1.165) is 5.75 Å². The zero-order valence-electron chi connectivity index (χ0n) is 12.8. The Morgan fingerprint density at radius 1 is 1.05 bits per heavy atom. The van der Waals surface area contributed by atoms with Gasteiger partial charge in [-0.15, -0.1) is 11.8 Å². The van der Waals surface area contributed by atoms with Crippen LogP contribution in [0, 0.1) is 0 Å². The van der Waals surface area contributed by atoms with E-state index >= 15 is 0 Å². The summed E-state index contributed by atoms with van der Waals surface area (Å²) < 4.78 is 0. The third-order valence-electron chi connectivity index (χ3n) is 3.21. The molecule has 110 valence electrons. The topological polar surface area (TPSA) is 15.3 Å². The molecule has 0 unspecified atom stereocenters. The van der Waals surface area contributed by atoms with E-state index < -0.39 is 0 Å². The van der Waals surface area contributed by atoms with Crippen LogP contribution in [0.15, 0.2) is 59.5 Å². The van der Waals surface area contributed by atoms with Gasteiger partial charge in [0, 0.05) is 43.2 Å². The van der Waals surface area contributed by atoms with Gasteiger partial charge < -0.3 is 10.2 Å². The van der Waals surface area contributed by atoms with Gasteiger partial charge in [0.25, 0.3) is 0 Å². The number of hydrogen-bond acceptors (Lipinski definition) is 3. The highest BCUT2D eigenvalue weighted by molar-refractivity contribution is 7.99. The molecule has 0 amide bonds. The van der Waals surface area contributed by atoms with Gasteiger partial charge in [-0.2, -0.15) is 0 Å². The molecule has 0 spiro atoms. The largest absolute Gasteiger partial charge is 0.387 e. The van der Waals surface area contributed by atoms with Crippen molar-refractivity contribution in [1.29, 1.82) is 0 Å². The summed E-state index contributed by atoms with van der Waals surface area (Å²) in [6.07, 6.45) is 4.39. The second-order valence-electron chi connectivity index (χ2n) is 4.95. The van der Waals surface area contributed by atoms with Gasteiger partial charge in [0.1, 0.15) is 0 Å². The number of para-hydroxylation sites is 1. The Morgan fingerprint density at radius 2 is 1.76 bits per heavy atom. The van der Waals surface area contributed by atoms with Gasteiger partial charge in [0.2, 0.25) is 0 Å². The number of anilines is 2. The van der Waals surface area contributed by atoms with Gasteiger partial charge in [0.05, 0.1) is 0 Å². The molecular weight excluding hydrogens is 276 g/mol. The molecular formula is C18H22N2S. The van der Waals surface area contributed by atoms with Gasteiger partial charge in [-0.3, -0.25) is 0 Å². The molecule has 2 aromatic rings. The van der Waals surface area contributed by atoms with E-state index in [0.29, 0.717) is 0 Å². The minimum atomic E-state index is 0.966. The van der Waals surface area contributed by atoms with Crippen LogP contribution >= 0.6 is 11.8 Å². The van der Waals surface area contributed by atoms with Crippen molar-refractivity contribution in [3.63, 3.8) is 0 Å². The van der Waals surface area contributed by atoms with Crippen molar-refractivity contribution in [2.24, 2.45) is 0 Å². The third-order valence-corrected chi connectivity index (χ3v) is 4.24. The summed E-state index contributed by atoms with van der Waals surface area (Å²) in [4.78, 5) is 3.39. The van der Waals surface area contributed by atoms with E-state index in [4.69, 9.17) is 0 Å². The highest BCUT2D eigenvalue weighted by Gasteiger charge is 1.98. The summed E-state index contributed by atoms with van der Waals surface area (Å²) >= 11 is 1.84. The number of thioether (sulfide) groups is 1. The fraction of sp³-hybridized carbons (Fsp3) is 0.222. The summed E-state index contributed by atoms with van der Waals surface area (Å²) in [5, 5.41) is 3.22. The second-order valence-corrected chi connectivity index (χ2v) is 6.01. The number of nitrogens with one attached hydrogen (secondary N) is 1. The van der Waals surface area contributed by atoms with E-state index in [1.165, 1.54) is 21.8 Å². The maximum atomic E-state index is 3.22. The molecule has 0 aliphatic carbocycles. The van der Waals surface area contributed by atoms with Crippen LogP contribution in [0.2, 0.25) is 0 Å². The summed E-state index contributed by atoms with van der Waals surface area (Å²) in [5.74, 6) is 0.966. The van der Waals surface area contributed by atoms with Crippen molar-refractivity contribution in [3.8, 4) is 0 Å². The van der Waals surface area contributed by atoms with Crippen molar-refractivity contribution >= 4 is 29.2 Å². The lowest BCUT2D eigenvalue weighted by atomic mass is 10.2. The molecule has 3 heteroatoms. The monoisotopic (exact) mass is 298 g/mol. The fourth-order valence-electron chi connectivity index (χ4n) is 2.00. The molecule has 2 nitrogen and oxygen atoms in total. The van der Waals surface area contributed by atoms with Crippen molar-refractivity contribution < 1.29 is 0 Å². The van der Waals surface area contributed by atoms with E-state index in [1.807, 2.05) is 18.8 Å². The molecule has 0 aliphatic heterocycles. The molecule has 0 bridgehead atoms. The van der Waals surface area contributed by atoms with Gasteiger partial charge in [-0.1, -0.05) is 36.4 Å². The van der Waals surface area contributed by atoms with Crippen molar-refractivity contribution in [2.75, 3.05) is 37.1 Å². The highest BCUT2D eigenvalue weighted by atomic mass is 32.2. The molecule has 2 rings (SSSR count). The molecule has 0 heterocycles. The van der Waals surface area contributed by atoms with E-state index in [1.54, 1.807) is 0 Å². The summed E-state index contributed by atoms with van der Waals surface area (Å²) in [7, 11) is 6.07. The Bertz CT molecular complexity index is 588. The molecule has 2 aromatic carbocycles. The minimum Gasteiger partial charge on any atom is -0.387 e. The first kappa shape index (κ1) is 15.5. The summed E-state index contributed by atoms with van der Waals surface area (Å²) in [6, 6.07) is 17.0. The maximum absolute atomic E-state index is 3.22. The summed E-state index contributed by atoms with van der Waals surface area (Å²) in [6.45, 7) is 0. The van der Waals surface area contributed by atoms with Gasteiger partial charge in [0.15, 0.2) is 0 Å². The highest BCUT2D eigenvalue weighted by Crippen LogP contribution is 2.26. The zero-order valence-corrected chi connectivity index (χ0v) is 13.7. The average molecular weight is 298 g/mol. The minimum absolute atomic E-state index is 0.966. The Kier molecular flexibility index (Phi) is 5.76. The van der Waals surface area contributed by atoms with Crippen LogP contribution in [0.1, 0.15) is 5.56 Å². The summed E-state index contributed by atoms with van der Waals surface area (Å²) in [5.41, 5.74) is 3.65. The van der Waals surface area contributed by atoms with Crippen LogP contribution in [0.4, 0.5) is 11.4 Å². The molecule has 0 aliphatic rings. The van der Waals surface area contributed by atoms with Crippen LogP contribution in [-0.4, -0.2) is 26.9 Å². The molecule has 1 N–H and O–H groups in total. The number of nitrogens with zero attached hydrogens (tertiary/aromatic N) is 1. The molecule has 0 radical (unpaired) electrons. The van der Waals surface area contributed by atoms with Gasteiger partial charge in [-0.25, -0.2) is 0 Å². The lowest BCUT2D eigenvalue weighted by Crippen LogP contribution is -2.07. The predicted molar refractivity (Wildman–Crippen MR) is 96.5 cm³/mol. The second kappa shape index (κ2) is 7.79. The van der Waals surface area contributed by atoms with E-state index in [-0.39, 0.29) is 0 Å². The van der Waals surface area contributed by atoms with E-state index in [2.05, 4.69) is 85.0 Å². The van der Waals surface area contributed by atoms with Crippen LogP contribution in [0.3, 0.4) is 0 Å². The lowest BCUT2D eigenvalue weighted by molar-refractivity contribution is 1.13. The van der Waals surface area contributed by atoms with Crippen molar-refractivity contribution in [1.82, 2.24) is 0 Å². The standard InChI is InChI=1S/C18H22N2S/c1-19-17-8-4-5-9-18(17)21-14-6-7-15-10-12-16(13-11-15)20(2)3/h4-13,19H,14H2,1-3H3/b7-6+. The Labute approximate surface area is 131 Å². The first-order chi connectivity index (χ1) is 10.2. The normalized spacial score (nSPS) is 10.8. The number of benzene rings is 2. The Morgan fingerprint density at radius 3 is 2.43 bits per heavy atom. The molecule has 0 aromatic heterocycles. The van der Waals surface area contributed by atoms with Crippen LogP contribution in [0.5, 0.6) is 0 Å². The number of rotatable bonds is 6. The maximum Gasteiger partial charge on any atom is 0.0475 e.